The highest BCUT2D eigenvalue weighted by atomic mass is 16.3. The van der Waals surface area contributed by atoms with E-state index in [1.165, 1.54) is 6.20 Å². The minimum absolute atomic E-state index is 0.106. The fourth-order valence-electron chi connectivity index (χ4n) is 0.888. The van der Waals surface area contributed by atoms with Crippen LogP contribution in [-0.4, -0.2) is 28.5 Å². The maximum absolute atomic E-state index is 8.80. The molecule has 0 saturated carbocycles. The quantitative estimate of drug-likeness (QED) is 0.721. The predicted molar refractivity (Wildman–Crippen MR) is 51.5 cm³/mol. The molecule has 74 valence electrons. The zero-order valence-electron chi connectivity index (χ0n) is 7.94. The summed E-state index contributed by atoms with van der Waals surface area (Å²) >= 11 is 0. The normalized spacial score (nSPS) is 11.8. The van der Waals surface area contributed by atoms with Gasteiger partial charge in [0.1, 0.15) is 6.07 Å². The minimum Gasteiger partial charge on any atom is -0.396 e. The zero-order chi connectivity index (χ0) is 10.4. The lowest BCUT2D eigenvalue weighted by Gasteiger charge is -2.09. The number of nitrogens with zero attached hydrogens (tertiary/aromatic N) is 3. The lowest BCUT2D eigenvalue weighted by molar-refractivity contribution is 0.244. The van der Waals surface area contributed by atoms with Crippen LogP contribution in [0.3, 0.4) is 0 Å². The van der Waals surface area contributed by atoms with Crippen molar-refractivity contribution in [3.05, 3.63) is 17.8 Å². The van der Waals surface area contributed by atoms with Gasteiger partial charge in [0.05, 0.1) is 11.8 Å². The molecule has 0 bridgehead atoms. The van der Waals surface area contributed by atoms with Gasteiger partial charge in [-0.1, -0.05) is 6.92 Å². The topological polar surface area (TPSA) is 81.8 Å². The second-order valence-corrected chi connectivity index (χ2v) is 3.07. The molecule has 1 aromatic rings. The van der Waals surface area contributed by atoms with Crippen LogP contribution in [0.15, 0.2) is 12.3 Å². The third kappa shape index (κ3) is 2.68. The molecule has 0 fully saturated rings. The number of rotatable bonds is 4. The Kier molecular flexibility index (Phi) is 3.83. The number of hydrogen-bond acceptors (Lipinski definition) is 5. The number of nitrogens with one attached hydrogen (secondary N) is 1. The van der Waals surface area contributed by atoms with Crippen molar-refractivity contribution in [3.63, 3.8) is 0 Å². The summed E-state index contributed by atoms with van der Waals surface area (Å²) in [6, 6.07) is 3.61. The molecule has 0 aliphatic rings. The summed E-state index contributed by atoms with van der Waals surface area (Å²) in [5.74, 6) is 0.596. The summed E-state index contributed by atoms with van der Waals surface area (Å²) in [5, 5.41) is 28.0. The van der Waals surface area contributed by atoms with Crippen LogP contribution in [0.5, 0.6) is 0 Å². The number of anilines is 1. The van der Waals surface area contributed by atoms with Crippen LogP contribution in [0.1, 0.15) is 12.5 Å². The average molecular weight is 192 g/mol. The molecule has 0 spiro atoms. The van der Waals surface area contributed by atoms with Gasteiger partial charge in [-0.3, -0.25) is 0 Å². The molecule has 0 radical (unpaired) electrons. The SMILES string of the molecule is CC(CO)CNc1nnccc1C#N. The van der Waals surface area contributed by atoms with Crippen LogP contribution >= 0.6 is 0 Å². The van der Waals surface area contributed by atoms with E-state index in [1.54, 1.807) is 6.07 Å². The number of aromatic nitrogens is 2. The summed E-state index contributed by atoms with van der Waals surface area (Å²) in [7, 11) is 0. The van der Waals surface area contributed by atoms with Crippen molar-refractivity contribution >= 4 is 5.82 Å². The van der Waals surface area contributed by atoms with E-state index in [1.807, 2.05) is 13.0 Å². The lowest BCUT2D eigenvalue weighted by Crippen LogP contribution is -2.16. The molecule has 14 heavy (non-hydrogen) atoms. The van der Waals surface area contributed by atoms with Crippen LogP contribution in [-0.2, 0) is 0 Å². The van der Waals surface area contributed by atoms with Crippen LogP contribution in [0.25, 0.3) is 0 Å². The second-order valence-electron chi connectivity index (χ2n) is 3.07. The van der Waals surface area contributed by atoms with Crippen molar-refractivity contribution in [2.45, 2.75) is 6.92 Å². The standard InChI is InChI=1S/C9H12N4O/c1-7(6-14)5-11-9-8(4-10)2-3-12-13-9/h2-3,7,14H,5-6H2,1H3,(H,11,13). The molecule has 1 rings (SSSR count). The third-order valence-electron chi connectivity index (χ3n) is 1.77. The molecular weight excluding hydrogens is 180 g/mol. The Morgan fingerprint density at radius 1 is 1.71 bits per heavy atom. The van der Waals surface area contributed by atoms with Crippen molar-refractivity contribution < 1.29 is 5.11 Å². The first-order valence-corrected chi connectivity index (χ1v) is 4.34. The van der Waals surface area contributed by atoms with Gasteiger partial charge in [0, 0.05) is 13.2 Å². The molecule has 5 heteroatoms. The van der Waals surface area contributed by atoms with Gasteiger partial charge in [-0.25, -0.2) is 0 Å². The fourth-order valence-corrected chi connectivity index (χ4v) is 0.888. The molecule has 0 aliphatic heterocycles. The molecular formula is C9H12N4O. The van der Waals surface area contributed by atoms with Gasteiger partial charge < -0.3 is 10.4 Å². The average Bonchev–Trinajstić information content (AvgIpc) is 2.26. The summed E-state index contributed by atoms with van der Waals surface area (Å²) in [4.78, 5) is 0. The number of aliphatic hydroxyl groups is 1. The van der Waals surface area contributed by atoms with Crippen molar-refractivity contribution in [2.24, 2.45) is 5.92 Å². The van der Waals surface area contributed by atoms with E-state index in [4.69, 9.17) is 10.4 Å². The van der Waals surface area contributed by atoms with Crippen LogP contribution in [0.4, 0.5) is 5.82 Å². The van der Waals surface area contributed by atoms with Crippen molar-refractivity contribution in [3.8, 4) is 6.07 Å². The van der Waals surface area contributed by atoms with Crippen molar-refractivity contribution in [1.29, 1.82) is 5.26 Å². The van der Waals surface area contributed by atoms with E-state index >= 15 is 0 Å². The van der Waals surface area contributed by atoms with Gasteiger partial charge in [-0.05, 0) is 12.0 Å². The van der Waals surface area contributed by atoms with Gasteiger partial charge in [0.25, 0.3) is 0 Å². The molecule has 1 heterocycles. The lowest BCUT2D eigenvalue weighted by atomic mass is 10.2. The number of hydrogen-bond donors (Lipinski definition) is 2. The molecule has 0 aliphatic carbocycles. The molecule has 0 saturated heterocycles. The molecule has 2 N–H and O–H groups in total. The Morgan fingerprint density at radius 2 is 2.50 bits per heavy atom. The molecule has 1 atom stereocenters. The fraction of sp³-hybridized carbons (Fsp3) is 0.444. The molecule has 0 amide bonds. The van der Waals surface area contributed by atoms with Crippen LogP contribution < -0.4 is 5.32 Å². The summed E-state index contributed by atoms with van der Waals surface area (Å²) in [6.07, 6.45) is 1.47. The number of aliphatic hydroxyl groups excluding tert-OH is 1. The first-order valence-electron chi connectivity index (χ1n) is 4.34. The summed E-state index contributed by atoms with van der Waals surface area (Å²) in [6.45, 7) is 2.58. The minimum atomic E-state index is 0.106. The van der Waals surface area contributed by atoms with Gasteiger partial charge in [-0.15, -0.1) is 5.10 Å². The molecule has 1 unspecified atom stereocenters. The molecule has 0 aromatic carbocycles. The Balaban J connectivity index is 2.63. The van der Waals surface area contributed by atoms with E-state index in [0.29, 0.717) is 17.9 Å². The predicted octanol–water partition coefficient (Wildman–Crippen LogP) is 0.389. The smallest absolute Gasteiger partial charge is 0.166 e. The maximum Gasteiger partial charge on any atom is 0.166 e. The Bertz CT molecular complexity index is 334. The monoisotopic (exact) mass is 192 g/mol. The van der Waals surface area contributed by atoms with Crippen molar-refractivity contribution in [1.82, 2.24) is 10.2 Å². The molecule has 5 nitrogen and oxygen atoms in total. The highest BCUT2D eigenvalue weighted by molar-refractivity contribution is 5.49. The second kappa shape index (κ2) is 5.14. The Morgan fingerprint density at radius 3 is 3.14 bits per heavy atom. The highest BCUT2D eigenvalue weighted by Crippen LogP contribution is 2.08. The van der Waals surface area contributed by atoms with Crippen LogP contribution in [0, 0.1) is 17.2 Å². The highest BCUT2D eigenvalue weighted by Gasteiger charge is 2.04. The summed E-state index contributed by atoms with van der Waals surface area (Å²) in [5.41, 5.74) is 0.463. The largest absolute Gasteiger partial charge is 0.396 e. The van der Waals surface area contributed by atoms with E-state index in [-0.39, 0.29) is 12.5 Å². The maximum atomic E-state index is 8.80. The Hall–Kier alpha value is -1.67. The van der Waals surface area contributed by atoms with Crippen LogP contribution in [0.2, 0.25) is 0 Å². The van der Waals surface area contributed by atoms with Gasteiger partial charge in [0.2, 0.25) is 0 Å². The van der Waals surface area contributed by atoms with E-state index < -0.39 is 0 Å². The zero-order valence-corrected chi connectivity index (χ0v) is 7.94. The van der Waals surface area contributed by atoms with Gasteiger partial charge in [0.15, 0.2) is 5.82 Å². The van der Waals surface area contributed by atoms with E-state index in [0.717, 1.165) is 0 Å². The van der Waals surface area contributed by atoms with Crippen molar-refractivity contribution in [2.75, 3.05) is 18.5 Å². The Labute approximate surface area is 82.4 Å². The first-order chi connectivity index (χ1) is 6.77. The van der Waals surface area contributed by atoms with Gasteiger partial charge >= 0.3 is 0 Å². The van der Waals surface area contributed by atoms with Gasteiger partial charge in [-0.2, -0.15) is 10.4 Å². The molecule has 1 aromatic heterocycles. The van der Waals surface area contributed by atoms with E-state index in [2.05, 4.69) is 15.5 Å². The number of nitriles is 1. The first kappa shape index (κ1) is 10.4. The van der Waals surface area contributed by atoms with E-state index in [9.17, 15) is 0 Å². The summed E-state index contributed by atoms with van der Waals surface area (Å²) < 4.78 is 0. The third-order valence-corrected chi connectivity index (χ3v) is 1.77.